The minimum Gasteiger partial charge on any atom is -0.480 e. The van der Waals surface area contributed by atoms with Crippen molar-refractivity contribution in [1.82, 2.24) is 4.90 Å². The predicted octanol–water partition coefficient (Wildman–Crippen LogP) is 2.23. The maximum absolute atomic E-state index is 12.1. The van der Waals surface area contributed by atoms with Gasteiger partial charge in [-0.05, 0) is 54.6 Å². The highest BCUT2D eigenvalue weighted by Crippen LogP contribution is 2.12. The third kappa shape index (κ3) is 3.99. The van der Waals surface area contributed by atoms with Crippen molar-refractivity contribution in [3.8, 4) is 0 Å². The largest absolute Gasteiger partial charge is 0.480 e. The lowest BCUT2D eigenvalue weighted by molar-refractivity contribution is -0.138. The summed E-state index contributed by atoms with van der Waals surface area (Å²) in [4.78, 5) is 24.2. The van der Waals surface area contributed by atoms with Crippen LogP contribution in [0.3, 0.4) is 0 Å². The molecule has 4 nitrogen and oxygen atoms in total. The minimum absolute atomic E-state index is 0.142. The lowest BCUT2D eigenvalue weighted by Crippen LogP contribution is -2.40. The molecule has 1 aromatic carbocycles. The number of hydrogen-bond acceptors (Lipinski definition) is 2. The first-order valence-corrected chi connectivity index (χ1v) is 6.28. The molecule has 0 heterocycles. The molecule has 17 heavy (non-hydrogen) atoms. The minimum atomic E-state index is -1.00. The lowest BCUT2D eigenvalue weighted by atomic mass is 10.1. The van der Waals surface area contributed by atoms with E-state index in [9.17, 15) is 9.59 Å². The molecular formula is C12H14INO3. The Morgan fingerprint density at radius 1 is 1.41 bits per heavy atom. The van der Waals surface area contributed by atoms with E-state index >= 15 is 0 Å². The van der Waals surface area contributed by atoms with E-state index in [1.54, 1.807) is 32.0 Å². The van der Waals surface area contributed by atoms with Crippen LogP contribution < -0.4 is 0 Å². The van der Waals surface area contributed by atoms with Crippen molar-refractivity contribution < 1.29 is 14.7 Å². The maximum Gasteiger partial charge on any atom is 0.323 e. The Balaban J connectivity index is 2.95. The highest BCUT2D eigenvalue weighted by molar-refractivity contribution is 14.1. The zero-order chi connectivity index (χ0) is 13.0. The number of carbonyl (C=O) groups excluding carboxylic acids is 1. The number of aliphatic carboxylic acids is 1. The van der Waals surface area contributed by atoms with Gasteiger partial charge in [0.05, 0.1) is 0 Å². The van der Waals surface area contributed by atoms with Crippen LogP contribution in [0.4, 0.5) is 0 Å². The van der Waals surface area contributed by atoms with Crippen molar-refractivity contribution in [2.24, 2.45) is 0 Å². The third-order valence-corrected chi connectivity index (χ3v) is 2.93. The zero-order valence-corrected chi connectivity index (χ0v) is 11.8. The number of amides is 1. The second-order valence-electron chi connectivity index (χ2n) is 3.93. The Hall–Kier alpha value is -1.11. The molecular weight excluding hydrogens is 333 g/mol. The Bertz CT molecular complexity index is 432. The van der Waals surface area contributed by atoms with Crippen molar-refractivity contribution in [2.45, 2.75) is 19.9 Å². The Morgan fingerprint density at radius 3 is 2.53 bits per heavy atom. The topological polar surface area (TPSA) is 57.6 Å². The molecule has 0 aliphatic carbocycles. The summed E-state index contributed by atoms with van der Waals surface area (Å²) in [6.07, 6.45) is 0. The summed E-state index contributed by atoms with van der Waals surface area (Å²) in [6, 6.07) is 6.97. The molecule has 1 N–H and O–H groups in total. The number of halogens is 1. The Morgan fingerprint density at radius 2 is 2.06 bits per heavy atom. The summed E-state index contributed by atoms with van der Waals surface area (Å²) in [5.74, 6) is -1.25. The van der Waals surface area contributed by atoms with Gasteiger partial charge < -0.3 is 10.0 Å². The van der Waals surface area contributed by atoms with E-state index in [0.717, 1.165) is 3.57 Å². The first-order chi connectivity index (χ1) is 7.91. The number of benzene rings is 1. The number of rotatable bonds is 4. The summed E-state index contributed by atoms with van der Waals surface area (Å²) in [6.45, 7) is 3.32. The summed E-state index contributed by atoms with van der Waals surface area (Å²) in [5, 5.41) is 8.79. The van der Waals surface area contributed by atoms with Crippen molar-refractivity contribution >= 4 is 34.5 Å². The number of nitrogens with zero attached hydrogens (tertiary/aromatic N) is 1. The van der Waals surface area contributed by atoms with Crippen molar-refractivity contribution in [3.05, 3.63) is 33.4 Å². The molecule has 92 valence electrons. The van der Waals surface area contributed by atoms with E-state index < -0.39 is 5.97 Å². The van der Waals surface area contributed by atoms with Crippen molar-refractivity contribution in [3.63, 3.8) is 0 Å². The second-order valence-corrected chi connectivity index (χ2v) is 5.18. The highest BCUT2D eigenvalue weighted by atomic mass is 127. The predicted molar refractivity (Wildman–Crippen MR) is 73.0 cm³/mol. The van der Waals surface area contributed by atoms with Gasteiger partial charge in [-0.2, -0.15) is 0 Å². The van der Waals surface area contributed by atoms with E-state index in [2.05, 4.69) is 22.6 Å². The molecule has 1 aromatic rings. The van der Waals surface area contributed by atoms with Crippen LogP contribution in [0.25, 0.3) is 0 Å². The Labute approximate surface area is 114 Å². The average Bonchev–Trinajstić information content (AvgIpc) is 2.24. The van der Waals surface area contributed by atoms with Crippen LogP contribution >= 0.6 is 22.6 Å². The summed E-state index contributed by atoms with van der Waals surface area (Å²) in [7, 11) is 0. The third-order valence-electron chi connectivity index (χ3n) is 2.26. The van der Waals surface area contributed by atoms with E-state index in [1.165, 1.54) is 4.90 Å². The zero-order valence-electron chi connectivity index (χ0n) is 9.68. The first-order valence-electron chi connectivity index (χ1n) is 5.20. The van der Waals surface area contributed by atoms with Gasteiger partial charge in [-0.1, -0.05) is 6.07 Å². The van der Waals surface area contributed by atoms with Crippen molar-refractivity contribution in [1.29, 1.82) is 0 Å². The maximum atomic E-state index is 12.1. The number of carboxylic acids is 1. The number of hydrogen-bond donors (Lipinski definition) is 1. The molecule has 1 rings (SSSR count). The fourth-order valence-electron chi connectivity index (χ4n) is 1.42. The fourth-order valence-corrected chi connectivity index (χ4v) is 1.97. The van der Waals surface area contributed by atoms with Crippen LogP contribution in [0.2, 0.25) is 0 Å². The number of carbonyl (C=O) groups is 2. The normalized spacial score (nSPS) is 10.4. The van der Waals surface area contributed by atoms with E-state index in [0.29, 0.717) is 5.56 Å². The van der Waals surface area contributed by atoms with Gasteiger partial charge in [-0.15, -0.1) is 0 Å². The molecule has 0 aromatic heterocycles. The van der Waals surface area contributed by atoms with Gasteiger partial charge in [0.15, 0.2) is 0 Å². The molecule has 0 spiro atoms. The SMILES string of the molecule is CC(C)N(CC(=O)O)C(=O)c1cccc(I)c1. The average molecular weight is 347 g/mol. The lowest BCUT2D eigenvalue weighted by Gasteiger charge is -2.24. The summed E-state index contributed by atoms with van der Waals surface area (Å²) < 4.78 is 0.951. The van der Waals surface area contributed by atoms with Crippen LogP contribution in [0.5, 0.6) is 0 Å². The van der Waals surface area contributed by atoms with Crippen molar-refractivity contribution in [2.75, 3.05) is 6.54 Å². The Kier molecular flexibility index (Phi) is 4.92. The van der Waals surface area contributed by atoms with Gasteiger partial charge in [0, 0.05) is 15.2 Å². The number of carboxylic acid groups (broad SMARTS) is 1. The van der Waals surface area contributed by atoms with E-state index in [1.807, 2.05) is 6.07 Å². The second kappa shape index (κ2) is 6.00. The summed E-state index contributed by atoms with van der Waals surface area (Å²) in [5.41, 5.74) is 0.520. The van der Waals surface area contributed by atoms with Gasteiger partial charge in [-0.25, -0.2) is 0 Å². The van der Waals surface area contributed by atoms with E-state index in [4.69, 9.17) is 5.11 Å². The molecule has 5 heteroatoms. The van der Waals surface area contributed by atoms with Gasteiger partial charge >= 0.3 is 5.97 Å². The van der Waals surface area contributed by atoms with Crippen LogP contribution in [0, 0.1) is 3.57 Å². The smallest absolute Gasteiger partial charge is 0.323 e. The molecule has 0 aliphatic heterocycles. The van der Waals surface area contributed by atoms with Gasteiger partial charge in [0.1, 0.15) is 6.54 Å². The van der Waals surface area contributed by atoms with Crippen LogP contribution in [0.1, 0.15) is 24.2 Å². The molecule has 0 saturated heterocycles. The quantitative estimate of drug-likeness (QED) is 0.850. The van der Waals surface area contributed by atoms with Gasteiger partial charge in [0.2, 0.25) is 0 Å². The molecule has 0 aliphatic rings. The standard InChI is InChI=1S/C12H14INO3/c1-8(2)14(7-11(15)16)12(17)9-4-3-5-10(13)6-9/h3-6,8H,7H2,1-2H3,(H,15,16). The molecule has 1 amide bonds. The van der Waals surface area contributed by atoms with E-state index in [-0.39, 0.29) is 18.5 Å². The summed E-state index contributed by atoms with van der Waals surface area (Å²) >= 11 is 2.12. The molecule has 0 saturated carbocycles. The van der Waals surface area contributed by atoms with Crippen LogP contribution in [-0.2, 0) is 4.79 Å². The van der Waals surface area contributed by atoms with Crippen LogP contribution in [0.15, 0.2) is 24.3 Å². The molecule has 0 bridgehead atoms. The fraction of sp³-hybridized carbons (Fsp3) is 0.333. The molecule has 0 radical (unpaired) electrons. The molecule has 0 unspecified atom stereocenters. The first kappa shape index (κ1) is 14.0. The van der Waals surface area contributed by atoms with Crippen LogP contribution in [-0.4, -0.2) is 34.5 Å². The van der Waals surface area contributed by atoms with Gasteiger partial charge in [0.25, 0.3) is 5.91 Å². The highest BCUT2D eigenvalue weighted by Gasteiger charge is 2.21. The molecule has 0 atom stereocenters. The van der Waals surface area contributed by atoms with Gasteiger partial charge in [-0.3, -0.25) is 9.59 Å². The molecule has 0 fully saturated rings. The monoisotopic (exact) mass is 347 g/mol.